The van der Waals surface area contributed by atoms with Crippen molar-refractivity contribution in [3.8, 4) is 0 Å². The van der Waals surface area contributed by atoms with Gasteiger partial charge < -0.3 is 14.2 Å². The number of fused-ring (bicyclic) bond motifs is 1. The molecule has 186 valence electrons. The molecule has 1 N–H and O–H groups in total. The van der Waals surface area contributed by atoms with Crippen molar-refractivity contribution in [1.29, 1.82) is 0 Å². The number of carbonyl (C=O) groups excluding carboxylic acids is 2. The third-order valence-corrected chi connectivity index (χ3v) is 6.09. The number of hydrogen-bond acceptors (Lipinski definition) is 6. The van der Waals surface area contributed by atoms with E-state index in [2.05, 4.69) is 9.97 Å². The van der Waals surface area contributed by atoms with Crippen LogP contribution in [0.15, 0.2) is 33.9 Å². The molecule has 1 atom stereocenters. The zero-order valence-electron chi connectivity index (χ0n) is 19.8. The molecule has 4 rings (SSSR count). The second-order valence-corrected chi connectivity index (χ2v) is 8.58. The average molecular weight is 486 g/mol. The second kappa shape index (κ2) is 10.2. The van der Waals surface area contributed by atoms with Crippen LogP contribution < -0.4 is 16.1 Å². The van der Waals surface area contributed by atoms with Gasteiger partial charge in [-0.15, -0.1) is 0 Å². The van der Waals surface area contributed by atoms with Crippen molar-refractivity contribution in [3.63, 3.8) is 0 Å². The number of para-hydroxylation sites is 1. The summed E-state index contributed by atoms with van der Waals surface area (Å²) in [6, 6.07) is 5.90. The van der Waals surface area contributed by atoms with Crippen molar-refractivity contribution in [1.82, 2.24) is 19.1 Å². The van der Waals surface area contributed by atoms with Crippen molar-refractivity contribution in [2.75, 3.05) is 11.4 Å². The van der Waals surface area contributed by atoms with Crippen molar-refractivity contribution in [2.45, 2.75) is 59.2 Å². The molecule has 10 nitrogen and oxygen atoms in total. The minimum Gasteiger partial charge on any atom is -0.457 e. The number of nitrogens with one attached hydrogen (secondary N) is 1. The predicted molar refractivity (Wildman–Crippen MR) is 126 cm³/mol. The Bertz CT molecular complexity index is 1370. The molecule has 1 aliphatic heterocycles. The predicted octanol–water partition coefficient (Wildman–Crippen LogP) is 2.33. The lowest BCUT2D eigenvalue weighted by atomic mass is 10.1. The number of aromatic nitrogens is 4. The van der Waals surface area contributed by atoms with Gasteiger partial charge >= 0.3 is 11.7 Å². The fraction of sp³-hybridized carbons (Fsp3) is 0.458. The van der Waals surface area contributed by atoms with Gasteiger partial charge in [0.15, 0.2) is 11.2 Å². The van der Waals surface area contributed by atoms with Gasteiger partial charge in [-0.25, -0.2) is 14.2 Å². The van der Waals surface area contributed by atoms with Crippen molar-refractivity contribution >= 4 is 28.7 Å². The van der Waals surface area contributed by atoms with Crippen LogP contribution in [0.2, 0.25) is 0 Å². The molecular weight excluding hydrogens is 457 g/mol. The number of H-pyrrole nitrogens is 1. The Balaban J connectivity index is 1.56. The van der Waals surface area contributed by atoms with Gasteiger partial charge in [0.2, 0.25) is 5.91 Å². The van der Waals surface area contributed by atoms with Crippen LogP contribution in [-0.2, 0) is 34.0 Å². The Morgan fingerprint density at radius 3 is 2.63 bits per heavy atom. The van der Waals surface area contributed by atoms with Crippen molar-refractivity contribution in [2.24, 2.45) is 5.92 Å². The van der Waals surface area contributed by atoms with Crippen LogP contribution in [0.5, 0.6) is 0 Å². The number of halogens is 1. The van der Waals surface area contributed by atoms with Crippen molar-refractivity contribution in [3.05, 3.63) is 56.7 Å². The van der Waals surface area contributed by atoms with E-state index in [1.54, 1.807) is 10.6 Å². The number of nitrogens with zero attached hydrogens (tertiary/aromatic N) is 4. The number of imidazole rings is 1. The molecular formula is C24H28FN5O5. The fourth-order valence-corrected chi connectivity index (χ4v) is 4.34. The molecule has 0 radical (unpaired) electrons. The van der Waals surface area contributed by atoms with Gasteiger partial charge in [-0.2, -0.15) is 0 Å². The largest absolute Gasteiger partial charge is 0.457 e. The SMILES string of the molecule is CCCCn1c(=O)[nH]c(=O)c2c1nc(COC(=O)C1CC(=O)N(c3ccccc3F)C1)n2CCC. The third kappa shape index (κ3) is 4.75. The number of carbonyl (C=O) groups is 2. The van der Waals surface area contributed by atoms with E-state index in [-0.39, 0.29) is 42.3 Å². The minimum absolute atomic E-state index is 0.0141. The number of hydrogen-bond donors (Lipinski definition) is 1. The normalized spacial score (nSPS) is 15.8. The summed E-state index contributed by atoms with van der Waals surface area (Å²) in [4.78, 5) is 58.3. The monoisotopic (exact) mass is 485 g/mol. The Hall–Kier alpha value is -3.76. The van der Waals surface area contributed by atoms with Crippen LogP contribution in [0.25, 0.3) is 11.2 Å². The molecule has 1 fully saturated rings. The molecule has 2 aromatic heterocycles. The number of ether oxygens (including phenoxy) is 1. The molecule has 1 aromatic carbocycles. The molecule has 35 heavy (non-hydrogen) atoms. The van der Waals surface area contributed by atoms with Crippen LogP contribution >= 0.6 is 0 Å². The van der Waals surface area contributed by atoms with Gasteiger partial charge in [0.25, 0.3) is 5.56 Å². The second-order valence-electron chi connectivity index (χ2n) is 8.58. The number of anilines is 1. The van der Waals surface area contributed by atoms with E-state index in [0.29, 0.717) is 25.3 Å². The number of unbranched alkanes of at least 4 members (excludes halogenated alkanes) is 1. The lowest BCUT2D eigenvalue weighted by Gasteiger charge is -2.17. The molecule has 0 saturated carbocycles. The summed E-state index contributed by atoms with van der Waals surface area (Å²) in [5.41, 5.74) is -0.429. The Kier molecular flexibility index (Phi) is 7.13. The van der Waals surface area contributed by atoms with E-state index >= 15 is 0 Å². The Morgan fingerprint density at radius 1 is 1.14 bits per heavy atom. The summed E-state index contributed by atoms with van der Waals surface area (Å²) in [5.74, 6) is -1.92. The highest BCUT2D eigenvalue weighted by Gasteiger charge is 2.37. The van der Waals surface area contributed by atoms with Crippen LogP contribution in [-0.4, -0.2) is 37.5 Å². The molecule has 0 spiro atoms. The smallest absolute Gasteiger partial charge is 0.330 e. The highest BCUT2D eigenvalue weighted by atomic mass is 19.1. The lowest BCUT2D eigenvalue weighted by Crippen LogP contribution is -2.31. The molecule has 1 aliphatic rings. The van der Waals surface area contributed by atoms with Gasteiger partial charge in [-0.3, -0.25) is 23.9 Å². The maximum absolute atomic E-state index is 14.1. The number of aryl methyl sites for hydroxylation is 2. The van der Waals surface area contributed by atoms with E-state index in [4.69, 9.17) is 4.74 Å². The van der Waals surface area contributed by atoms with E-state index in [1.165, 1.54) is 27.7 Å². The lowest BCUT2D eigenvalue weighted by molar-refractivity contribution is -0.150. The van der Waals surface area contributed by atoms with E-state index in [9.17, 15) is 23.6 Å². The molecule has 3 aromatic rings. The van der Waals surface area contributed by atoms with Gasteiger partial charge in [-0.05, 0) is 25.0 Å². The van der Waals surface area contributed by atoms with Gasteiger partial charge in [0.05, 0.1) is 11.6 Å². The standard InChI is InChI=1S/C24H28FN5O5/c1-3-5-11-29-21-20(22(32)27-24(29)34)28(10-4-2)18(26-21)14-35-23(33)15-12-19(31)30(13-15)17-9-7-6-8-16(17)25/h6-9,15H,3-5,10-14H2,1-2H3,(H,27,32,34). The summed E-state index contributed by atoms with van der Waals surface area (Å²) in [6.07, 6.45) is 2.20. The van der Waals surface area contributed by atoms with Gasteiger partial charge in [0, 0.05) is 26.1 Å². The summed E-state index contributed by atoms with van der Waals surface area (Å²) in [7, 11) is 0. The highest BCUT2D eigenvalue weighted by molar-refractivity contribution is 5.99. The molecule has 1 unspecified atom stereocenters. The Labute approximate surface area is 200 Å². The quantitative estimate of drug-likeness (QED) is 0.465. The van der Waals surface area contributed by atoms with E-state index in [1.807, 2.05) is 13.8 Å². The number of aromatic amines is 1. The molecule has 3 heterocycles. The summed E-state index contributed by atoms with van der Waals surface area (Å²) >= 11 is 0. The summed E-state index contributed by atoms with van der Waals surface area (Å²) < 4.78 is 22.7. The first-order valence-electron chi connectivity index (χ1n) is 11.8. The molecule has 1 amide bonds. The molecule has 11 heteroatoms. The topological polar surface area (TPSA) is 119 Å². The first-order chi connectivity index (χ1) is 16.8. The number of amides is 1. The van der Waals surface area contributed by atoms with Crippen molar-refractivity contribution < 1.29 is 18.7 Å². The maximum Gasteiger partial charge on any atom is 0.330 e. The first-order valence-corrected chi connectivity index (χ1v) is 11.8. The first kappa shape index (κ1) is 24.4. The van der Waals surface area contributed by atoms with Crippen LogP contribution in [0.3, 0.4) is 0 Å². The molecule has 0 aliphatic carbocycles. The number of benzene rings is 1. The van der Waals surface area contributed by atoms with Crippen LogP contribution in [0.1, 0.15) is 45.4 Å². The average Bonchev–Trinajstić information content (AvgIpc) is 3.39. The third-order valence-electron chi connectivity index (χ3n) is 6.09. The molecule has 1 saturated heterocycles. The van der Waals surface area contributed by atoms with E-state index < -0.39 is 29.0 Å². The molecule has 0 bridgehead atoms. The zero-order valence-corrected chi connectivity index (χ0v) is 19.8. The van der Waals surface area contributed by atoms with Gasteiger partial charge in [-0.1, -0.05) is 32.4 Å². The van der Waals surface area contributed by atoms with Crippen LogP contribution in [0.4, 0.5) is 10.1 Å². The van der Waals surface area contributed by atoms with Gasteiger partial charge in [0.1, 0.15) is 18.2 Å². The maximum atomic E-state index is 14.1. The minimum atomic E-state index is -0.753. The summed E-state index contributed by atoms with van der Waals surface area (Å²) in [5, 5.41) is 0. The number of esters is 1. The highest BCUT2D eigenvalue weighted by Crippen LogP contribution is 2.28. The number of rotatable bonds is 9. The van der Waals surface area contributed by atoms with Crippen LogP contribution in [0, 0.1) is 11.7 Å². The Morgan fingerprint density at radius 2 is 1.91 bits per heavy atom. The fourth-order valence-electron chi connectivity index (χ4n) is 4.34. The summed E-state index contributed by atoms with van der Waals surface area (Å²) in [6.45, 7) is 4.57. The zero-order chi connectivity index (χ0) is 25.1. The van der Waals surface area contributed by atoms with E-state index in [0.717, 1.165) is 12.8 Å².